The van der Waals surface area contributed by atoms with Gasteiger partial charge in [-0.1, -0.05) is 0 Å². The Morgan fingerprint density at radius 2 is 2.18 bits per heavy atom. The van der Waals surface area contributed by atoms with Crippen LogP contribution in [0.25, 0.3) is 0 Å². The van der Waals surface area contributed by atoms with Crippen molar-refractivity contribution in [2.24, 2.45) is 0 Å². The Kier molecular flexibility index (Phi) is 5.78. The number of carbonyl (C=O) groups excluding carboxylic acids is 1. The van der Waals surface area contributed by atoms with Crippen molar-refractivity contribution in [1.82, 2.24) is 5.32 Å². The molecule has 4 heteroatoms. The minimum atomic E-state index is -0.221. The molecule has 0 aliphatic carbocycles. The third-order valence-corrected chi connectivity index (χ3v) is 1.42. The fourth-order valence-electron chi connectivity index (χ4n) is 0.730. The second-order valence-electron chi connectivity index (χ2n) is 2.22. The summed E-state index contributed by atoms with van der Waals surface area (Å²) in [5.41, 5.74) is 0. The Bertz CT molecular complexity index is 116. The second-order valence-corrected chi connectivity index (χ2v) is 2.22. The van der Waals surface area contributed by atoms with Crippen LogP contribution in [-0.2, 0) is 14.3 Å². The average Bonchev–Trinajstić information content (AvgIpc) is 2.03. The smallest absolute Gasteiger partial charge is 0.307 e. The maximum absolute atomic E-state index is 10.7. The molecule has 0 spiro atoms. The first-order valence-electron chi connectivity index (χ1n) is 3.47. The molecule has 0 aromatic carbocycles. The van der Waals surface area contributed by atoms with Gasteiger partial charge >= 0.3 is 5.97 Å². The maximum Gasteiger partial charge on any atom is 0.307 e. The number of esters is 1. The summed E-state index contributed by atoms with van der Waals surface area (Å²) in [6.45, 7) is 0.519. The molecule has 0 saturated carbocycles. The van der Waals surface area contributed by atoms with Gasteiger partial charge in [-0.2, -0.15) is 0 Å². The lowest BCUT2D eigenvalue weighted by Gasteiger charge is -2.12. The van der Waals surface area contributed by atoms with Crippen molar-refractivity contribution in [1.29, 1.82) is 0 Å². The van der Waals surface area contributed by atoms with Gasteiger partial charge in [0.25, 0.3) is 0 Å². The summed E-state index contributed by atoms with van der Waals surface area (Å²) in [6.07, 6.45) is 0.348. The van der Waals surface area contributed by atoms with E-state index in [0.717, 1.165) is 0 Å². The van der Waals surface area contributed by atoms with Crippen LogP contribution in [0.3, 0.4) is 0 Å². The van der Waals surface area contributed by atoms with Gasteiger partial charge in [0, 0.05) is 13.2 Å². The number of hydrogen-bond donors (Lipinski definition) is 1. The van der Waals surface area contributed by atoms with Gasteiger partial charge < -0.3 is 14.8 Å². The topological polar surface area (TPSA) is 47.6 Å². The van der Waals surface area contributed by atoms with Crippen LogP contribution in [0, 0.1) is 0 Å². The van der Waals surface area contributed by atoms with Crippen molar-refractivity contribution in [2.45, 2.75) is 12.5 Å². The Morgan fingerprint density at radius 1 is 1.55 bits per heavy atom. The molecular weight excluding hydrogens is 146 g/mol. The highest BCUT2D eigenvalue weighted by Crippen LogP contribution is 1.93. The highest BCUT2D eigenvalue weighted by molar-refractivity contribution is 5.69. The summed E-state index contributed by atoms with van der Waals surface area (Å²) < 4.78 is 9.36. The predicted molar refractivity (Wildman–Crippen MR) is 41.4 cm³/mol. The first kappa shape index (κ1) is 10.4. The van der Waals surface area contributed by atoms with Gasteiger partial charge in [0.2, 0.25) is 0 Å². The Hall–Kier alpha value is -0.610. The number of hydrogen-bond acceptors (Lipinski definition) is 4. The van der Waals surface area contributed by atoms with Crippen LogP contribution in [0.5, 0.6) is 0 Å². The van der Waals surface area contributed by atoms with E-state index in [0.29, 0.717) is 13.0 Å². The lowest BCUT2D eigenvalue weighted by molar-refractivity contribution is -0.141. The molecule has 0 bridgehead atoms. The van der Waals surface area contributed by atoms with E-state index >= 15 is 0 Å². The largest absolute Gasteiger partial charge is 0.469 e. The van der Waals surface area contributed by atoms with E-state index in [2.05, 4.69) is 10.1 Å². The summed E-state index contributed by atoms with van der Waals surface area (Å²) in [5.74, 6) is -0.221. The van der Waals surface area contributed by atoms with Crippen molar-refractivity contribution < 1.29 is 14.3 Å². The third kappa shape index (κ3) is 4.75. The van der Waals surface area contributed by atoms with Crippen LogP contribution >= 0.6 is 0 Å². The molecule has 0 radical (unpaired) electrons. The fourth-order valence-corrected chi connectivity index (χ4v) is 0.730. The molecule has 66 valence electrons. The Morgan fingerprint density at radius 3 is 2.55 bits per heavy atom. The highest BCUT2D eigenvalue weighted by Gasteiger charge is 2.10. The van der Waals surface area contributed by atoms with Gasteiger partial charge in [0.15, 0.2) is 0 Å². The van der Waals surface area contributed by atoms with Crippen LogP contribution in [-0.4, -0.2) is 39.9 Å². The molecule has 0 aromatic heterocycles. The molecule has 1 atom stereocenters. The standard InChI is InChI=1S/C7H15NO3/c1-8-6(5-10-2)4-7(9)11-3/h6,8H,4-5H2,1-3H3. The molecule has 1 N–H and O–H groups in total. The average molecular weight is 161 g/mol. The predicted octanol–water partition coefficient (Wildman–Crippen LogP) is -0.216. The molecule has 11 heavy (non-hydrogen) atoms. The summed E-state index contributed by atoms with van der Waals surface area (Å²) in [6, 6.07) is 0.0486. The van der Waals surface area contributed by atoms with Crippen molar-refractivity contribution in [3.05, 3.63) is 0 Å². The molecular formula is C7H15NO3. The highest BCUT2D eigenvalue weighted by atomic mass is 16.5. The first-order valence-corrected chi connectivity index (χ1v) is 3.47. The van der Waals surface area contributed by atoms with Crippen LogP contribution in [0.1, 0.15) is 6.42 Å². The van der Waals surface area contributed by atoms with Crippen LogP contribution in [0.2, 0.25) is 0 Å². The minimum Gasteiger partial charge on any atom is -0.469 e. The number of nitrogens with one attached hydrogen (secondary N) is 1. The number of methoxy groups -OCH3 is 2. The van der Waals surface area contributed by atoms with Crippen LogP contribution in [0.4, 0.5) is 0 Å². The van der Waals surface area contributed by atoms with Crippen LogP contribution < -0.4 is 5.32 Å². The molecule has 0 aliphatic heterocycles. The summed E-state index contributed by atoms with van der Waals surface area (Å²) in [7, 11) is 4.76. The van der Waals surface area contributed by atoms with Gasteiger partial charge in [-0.05, 0) is 7.05 Å². The minimum absolute atomic E-state index is 0.0486. The van der Waals surface area contributed by atoms with E-state index in [-0.39, 0.29) is 12.0 Å². The van der Waals surface area contributed by atoms with Crippen molar-refractivity contribution in [2.75, 3.05) is 27.9 Å². The zero-order valence-corrected chi connectivity index (χ0v) is 7.22. The second kappa shape index (κ2) is 6.12. The lowest BCUT2D eigenvalue weighted by Crippen LogP contribution is -2.32. The zero-order chi connectivity index (χ0) is 8.69. The molecule has 0 aliphatic rings. The Balaban J connectivity index is 3.58. The van der Waals surface area contributed by atoms with E-state index in [4.69, 9.17) is 4.74 Å². The van der Waals surface area contributed by atoms with E-state index < -0.39 is 0 Å². The van der Waals surface area contributed by atoms with E-state index in [1.165, 1.54) is 7.11 Å². The van der Waals surface area contributed by atoms with E-state index in [1.54, 1.807) is 14.2 Å². The molecule has 0 fully saturated rings. The van der Waals surface area contributed by atoms with Crippen molar-refractivity contribution in [3.8, 4) is 0 Å². The molecule has 0 heterocycles. The van der Waals surface area contributed by atoms with E-state index in [9.17, 15) is 4.79 Å². The van der Waals surface area contributed by atoms with Crippen molar-refractivity contribution >= 4 is 5.97 Å². The molecule has 0 rings (SSSR count). The third-order valence-electron chi connectivity index (χ3n) is 1.42. The van der Waals surface area contributed by atoms with Gasteiger partial charge in [-0.15, -0.1) is 0 Å². The monoisotopic (exact) mass is 161 g/mol. The van der Waals surface area contributed by atoms with Gasteiger partial charge in [-0.3, -0.25) is 4.79 Å². The first-order chi connectivity index (χ1) is 5.24. The Labute approximate surface area is 66.9 Å². The van der Waals surface area contributed by atoms with E-state index in [1.807, 2.05) is 0 Å². The fraction of sp³-hybridized carbons (Fsp3) is 0.857. The number of ether oxygens (including phenoxy) is 2. The quantitative estimate of drug-likeness (QED) is 0.566. The maximum atomic E-state index is 10.7. The lowest BCUT2D eigenvalue weighted by atomic mass is 10.2. The normalized spacial score (nSPS) is 12.6. The zero-order valence-electron chi connectivity index (χ0n) is 7.22. The molecule has 1 unspecified atom stereocenters. The molecule has 0 saturated heterocycles. The summed E-state index contributed by atoms with van der Waals surface area (Å²) in [4.78, 5) is 10.7. The summed E-state index contributed by atoms with van der Waals surface area (Å²) in [5, 5.41) is 2.94. The number of likely N-dealkylation sites (N-methyl/N-ethyl adjacent to an activating group) is 1. The van der Waals surface area contributed by atoms with Crippen LogP contribution in [0.15, 0.2) is 0 Å². The van der Waals surface area contributed by atoms with Gasteiger partial charge in [-0.25, -0.2) is 0 Å². The van der Waals surface area contributed by atoms with Gasteiger partial charge in [0.05, 0.1) is 20.1 Å². The molecule has 0 aromatic rings. The number of carbonyl (C=O) groups is 1. The SMILES string of the molecule is CNC(COC)CC(=O)OC. The van der Waals surface area contributed by atoms with Crippen molar-refractivity contribution in [3.63, 3.8) is 0 Å². The molecule has 0 amide bonds. The van der Waals surface area contributed by atoms with Gasteiger partial charge in [0.1, 0.15) is 0 Å². The molecule has 4 nitrogen and oxygen atoms in total. The number of rotatable bonds is 5. The summed E-state index contributed by atoms with van der Waals surface area (Å²) >= 11 is 0.